The van der Waals surface area contributed by atoms with Gasteiger partial charge >= 0.3 is 0 Å². The summed E-state index contributed by atoms with van der Waals surface area (Å²) in [4.78, 5) is 36.2. The van der Waals surface area contributed by atoms with Crippen LogP contribution >= 0.6 is 11.8 Å². The molecule has 2 aliphatic heterocycles. The maximum atomic E-state index is 14.1. The summed E-state index contributed by atoms with van der Waals surface area (Å²) in [6.45, 7) is 18.1. The Morgan fingerprint density at radius 2 is 1.89 bits per heavy atom. The molecule has 7 rings (SSSR count). The van der Waals surface area contributed by atoms with Crippen LogP contribution in [0.15, 0.2) is 84.6 Å². The number of allylic oxidation sites excluding steroid dienone is 4. The molecule has 1 saturated heterocycles. The fourth-order valence-electron chi connectivity index (χ4n) is 9.20. The molecule has 342 valence electrons. The van der Waals surface area contributed by atoms with Crippen molar-refractivity contribution < 1.29 is 19.4 Å². The highest BCUT2D eigenvalue weighted by molar-refractivity contribution is 8.00. The predicted octanol–water partition coefficient (Wildman–Crippen LogP) is 8.43. The minimum atomic E-state index is -0.699. The van der Waals surface area contributed by atoms with E-state index in [2.05, 4.69) is 76.4 Å². The standard InChI is InChI=1S/C50H67N9O4S/c1-9-20-48(5,6)26-34(4)43(63-33(2)3)17-14-38(28-51)45-41-25-40(15-16-42(41)54-55-45)53-47(61)50(64-8)21-24-57(31-50)30-44(60)58-22-18-36(19-23-58)35-10-12-37(13-11-35)46-52-32-59(56-46)29-39-27-49(39,7)62/h10-18,25,28,32-33,39,62H,9,19-24,26-27,29-31,51H2,1-8H3,(H,53,61)(H,54,55)/b17-14-,38-28?,43-34-. The van der Waals surface area contributed by atoms with E-state index >= 15 is 0 Å². The summed E-state index contributed by atoms with van der Waals surface area (Å²) in [5, 5.41) is 26.5. The maximum absolute atomic E-state index is 14.1. The SMILES string of the molecule is CCCC(C)(C)C/C(C)=C(/C=C\C(=CN)c1n[nH]c2ccc(NC(=O)C3(SC)CCN(CC(=O)N4CC=C(c5ccc(-c6ncn(CC7CC7(C)O)n6)cc5)CC4)C3)cc12)OC(C)C. The van der Waals surface area contributed by atoms with Crippen LogP contribution in [0.25, 0.3) is 33.4 Å². The van der Waals surface area contributed by atoms with Crippen molar-refractivity contribution in [2.75, 3.05) is 44.3 Å². The van der Waals surface area contributed by atoms with Crippen molar-refractivity contribution in [3.8, 4) is 11.4 Å². The third-order valence-corrected chi connectivity index (χ3v) is 14.3. The number of likely N-dealkylation sites (tertiary alicyclic amines) is 1. The van der Waals surface area contributed by atoms with Gasteiger partial charge in [0.2, 0.25) is 11.8 Å². The van der Waals surface area contributed by atoms with Crippen molar-refractivity contribution in [2.24, 2.45) is 17.1 Å². The van der Waals surface area contributed by atoms with Crippen LogP contribution in [0.2, 0.25) is 0 Å². The van der Waals surface area contributed by atoms with E-state index in [0.717, 1.165) is 65.5 Å². The summed E-state index contributed by atoms with van der Waals surface area (Å²) < 4.78 is 7.40. The summed E-state index contributed by atoms with van der Waals surface area (Å²) in [6.07, 6.45) is 16.7. The van der Waals surface area contributed by atoms with Crippen molar-refractivity contribution in [1.82, 2.24) is 34.8 Å². The van der Waals surface area contributed by atoms with Gasteiger partial charge in [0.25, 0.3) is 0 Å². The number of thioether (sulfide) groups is 1. The van der Waals surface area contributed by atoms with Crippen LogP contribution in [0.5, 0.6) is 0 Å². The molecule has 2 aromatic heterocycles. The monoisotopic (exact) mass is 890 g/mol. The zero-order chi connectivity index (χ0) is 45.8. The van der Waals surface area contributed by atoms with Gasteiger partial charge in [0.1, 0.15) is 22.5 Å². The number of anilines is 1. The first-order valence-electron chi connectivity index (χ1n) is 22.8. The third kappa shape index (κ3) is 11.0. The van der Waals surface area contributed by atoms with E-state index in [1.165, 1.54) is 22.9 Å². The number of carbonyl (C=O) groups is 2. The number of carbonyl (C=O) groups excluding carboxylic acids is 2. The fraction of sp³-hybridized carbons (Fsp3) is 0.500. The summed E-state index contributed by atoms with van der Waals surface area (Å²) in [5.74, 6) is 1.72. The third-order valence-electron chi connectivity index (χ3n) is 13.0. The van der Waals surface area contributed by atoms with E-state index in [9.17, 15) is 14.7 Å². The fourth-order valence-corrected chi connectivity index (χ4v) is 10.0. The summed E-state index contributed by atoms with van der Waals surface area (Å²) in [5.41, 5.74) is 13.2. The Morgan fingerprint density at radius 3 is 2.55 bits per heavy atom. The molecule has 3 unspecified atom stereocenters. The molecule has 2 amide bonds. The number of amides is 2. The summed E-state index contributed by atoms with van der Waals surface area (Å²) in [6, 6.07) is 14.0. The molecule has 1 saturated carbocycles. The highest BCUT2D eigenvalue weighted by atomic mass is 32.2. The minimum Gasteiger partial charge on any atom is -0.491 e. The number of hydrogen-bond acceptors (Lipinski definition) is 10. The van der Waals surface area contributed by atoms with Gasteiger partial charge in [-0.2, -0.15) is 10.2 Å². The molecular weight excluding hydrogens is 823 g/mol. The quantitative estimate of drug-likeness (QED) is 0.0563. The predicted molar refractivity (Wildman–Crippen MR) is 259 cm³/mol. The molecule has 2 fully saturated rings. The lowest BCUT2D eigenvalue weighted by atomic mass is 9.81. The number of nitrogens with two attached hydrogens (primary N) is 1. The van der Waals surface area contributed by atoms with Crippen molar-refractivity contribution in [2.45, 2.75) is 110 Å². The van der Waals surface area contributed by atoms with E-state index in [0.29, 0.717) is 56.4 Å². The van der Waals surface area contributed by atoms with Crippen LogP contribution in [0.4, 0.5) is 5.69 Å². The number of ether oxygens (including phenoxy) is 1. The number of aliphatic hydroxyl groups is 1. The largest absolute Gasteiger partial charge is 0.491 e. The molecule has 0 bridgehead atoms. The van der Waals surface area contributed by atoms with Crippen LogP contribution in [0.1, 0.15) is 98.2 Å². The van der Waals surface area contributed by atoms with E-state index in [1.807, 2.05) is 79.1 Å². The van der Waals surface area contributed by atoms with Crippen LogP contribution in [-0.4, -0.2) is 107 Å². The average Bonchev–Trinajstić information content (AvgIpc) is 3.73. The van der Waals surface area contributed by atoms with E-state index in [-0.39, 0.29) is 35.8 Å². The molecule has 4 heterocycles. The van der Waals surface area contributed by atoms with Crippen LogP contribution < -0.4 is 11.1 Å². The van der Waals surface area contributed by atoms with Gasteiger partial charge in [-0.1, -0.05) is 57.5 Å². The van der Waals surface area contributed by atoms with Crippen LogP contribution in [0, 0.1) is 11.3 Å². The summed E-state index contributed by atoms with van der Waals surface area (Å²) >= 11 is 1.54. The van der Waals surface area contributed by atoms with Crippen molar-refractivity contribution in [1.29, 1.82) is 0 Å². The van der Waals surface area contributed by atoms with Crippen molar-refractivity contribution >= 4 is 51.3 Å². The van der Waals surface area contributed by atoms with Crippen LogP contribution in [-0.2, 0) is 20.9 Å². The normalized spacial score (nSPS) is 22.3. The van der Waals surface area contributed by atoms with Gasteiger partial charge in [-0.25, -0.2) is 4.98 Å². The molecule has 3 atom stereocenters. The summed E-state index contributed by atoms with van der Waals surface area (Å²) in [7, 11) is 0. The Hall–Kier alpha value is -5.18. The van der Waals surface area contributed by atoms with E-state index < -0.39 is 10.3 Å². The number of rotatable bonds is 18. The number of hydrogen-bond donors (Lipinski definition) is 4. The topological polar surface area (TPSA) is 168 Å². The zero-order valence-electron chi connectivity index (χ0n) is 38.9. The molecule has 0 radical (unpaired) electrons. The number of aromatic amines is 1. The van der Waals surface area contributed by atoms with Gasteiger partial charge in [0, 0.05) is 67.1 Å². The number of benzene rings is 2. The molecule has 13 nitrogen and oxygen atoms in total. The lowest BCUT2D eigenvalue weighted by molar-refractivity contribution is -0.132. The minimum absolute atomic E-state index is 0.0155. The molecule has 0 spiro atoms. The molecule has 3 aliphatic rings. The molecular formula is C50H67N9O4S. The first kappa shape index (κ1) is 46.8. The van der Waals surface area contributed by atoms with Crippen LogP contribution in [0.3, 0.4) is 0 Å². The van der Waals surface area contributed by atoms with Gasteiger partial charge in [0.05, 0.1) is 23.8 Å². The molecule has 5 N–H and O–H groups in total. The smallest absolute Gasteiger partial charge is 0.241 e. The lowest BCUT2D eigenvalue weighted by Gasteiger charge is -2.29. The number of aromatic nitrogens is 5. The zero-order valence-corrected chi connectivity index (χ0v) is 39.7. The Bertz CT molecular complexity index is 2440. The molecule has 64 heavy (non-hydrogen) atoms. The molecule has 4 aromatic rings. The number of H-pyrrole nitrogens is 1. The molecule has 1 aliphatic carbocycles. The Balaban J connectivity index is 0.943. The Morgan fingerprint density at radius 1 is 1.14 bits per heavy atom. The second-order valence-electron chi connectivity index (χ2n) is 19.2. The first-order chi connectivity index (χ1) is 30.5. The Kier molecular flexibility index (Phi) is 14.3. The second-order valence-corrected chi connectivity index (χ2v) is 20.4. The highest BCUT2D eigenvalue weighted by Crippen LogP contribution is 2.44. The van der Waals surface area contributed by atoms with Crippen molar-refractivity contribution in [3.05, 3.63) is 95.8 Å². The van der Waals surface area contributed by atoms with Crippen molar-refractivity contribution in [3.63, 3.8) is 0 Å². The van der Waals surface area contributed by atoms with E-state index in [1.54, 1.807) is 12.5 Å². The van der Waals surface area contributed by atoms with Gasteiger partial charge in [-0.05, 0) is 119 Å². The highest BCUT2D eigenvalue weighted by Gasteiger charge is 2.48. The first-order valence-corrected chi connectivity index (χ1v) is 24.0. The Labute approximate surface area is 382 Å². The maximum Gasteiger partial charge on any atom is 0.241 e. The lowest BCUT2D eigenvalue weighted by Crippen LogP contribution is -2.45. The number of nitrogens with zero attached hydrogens (tertiary/aromatic N) is 6. The number of fused-ring (bicyclic) bond motifs is 1. The molecule has 2 aromatic carbocycles. The van der Waals surface area contributed by atoms with Gasteiger partial charge in [-0.15, -0.1) is 11.8 Å². The van der Waals surface area contributed by atoms with Gasteiger partial charge in [0.15, 0.2) is 5.82 Å². The van der Waals surface area contributed by atoms with E-state index in [4.69, 9.17) is 10.5 Å². The van der Waals surface area contributed by atoms with Gasteiger partial charge < -0.3 is 25.8 Å². The average molecular weight is 890 g/mol. The number of nitrogens with one attached hydrogen (secondary N) is 2. The van der Waals surface area contributed by atoms with Gasteiger partial charge in [-0.3, -0.25) is 24.3 Å². The molecule has 14 heteroatoms. The second kappa shape index (κ2) is 19.5.